The molecule has 0 aliphatic rings. The quantitative estimate of drug-likeness (QED) is 0.0469. The van der Waals surface area contributed by atoms with Gasteiger partial charge in [0.2, 0.25) is 5.91 Å². The minimum absolute atomic E-state index is 0.0688. The number of nitrogens with one attached hydrogen (secondary N) is 1. The second-order valence-electron chi connectivity index (χ2n) is 13.7. The minimum Gasteiger partial charge on any atom is -0.394 e. The third-order valence-corrected chi connectivity index (χ3v) is 9.07. The highest BCUT2D eigenvalue weighted by atomic mass is 16.3. The molecule has 0 fully saturated rings. The Bertz CT molecular complexity index is 701. The predicted molar refractivity (Wildman–Crippen MR) is 202 cm³/mol. The van der Waals surface area contributed by atoms with Gasteiger partial charge < -0.3 is 15.5 Å². The van der Waals surface area contributed by atoms with Crippen molar-refractivity contribution in [3.05, 3.63) is 36.5 Å². The van der Waals surface area contributed by atoms with Crippen LogP contribution < -0.4 is 5.32 Å². The maximum atomic E-state index is 12.3. The molecule has 0 heterocycles. The van der Waals surface area contributed by atoms with E-state index in [1.54, 1.807) is 6.08 Å². The van der Waals surface area contributed by atoms with Gasteiger partial charge in [0.05, 0.1) is 18.8 Å². The van der Waals surface area contributed by atoms with E-state index in [0.717, 1.165) is 25.7 Å². The van der Waals surface area contributed by atoms with Gasteiger partial charge in [0.1, 0.15) is 0 Å². The van der Waals surface area contributed by atoms with Crippen LogP contribution in [0.1, 0.15) is 206 Å². The summed E-state index contributed by atoms with van der Waals surface area (Å²) in [4.78, 5) is 12.3. The monoisotopic (exact) mass is 646 g/mol. The van der Waals surface area contributed by atoms with Crippen LogP contribution in [0.2, 0.25) is 0 Å². The van der Waals surface area contributed by atoms with E-state index in [0.29, 0.717) is 6.42 Å². The first-order valence-electron chi connectivity index (χ1n) is 20.2. The molecule has 0 aromatic heterocycles. The van der Waals surface area contributed by atoms with E-state index in [1.165, 1.54) is 161 Å². The van der Waals surface area contributed by atoms with E-state index in [-0.39, 0.29) is 12.5 Å². The summed E-state index contributed by atoms with van der Waals surface area (Å²) in [5.41, 5.74) is 0. The van der Waals surface area contributed by atoms with Crippen LogP contribution in [0.4, 0.5) is 0 Å². The summed E-state index contributed by atoms with van der Waals surface area (Å²) in [6.45, 7) is 4.24. The van der Waals surface area contributed by atoms with Crippen molar-refractivity contribution in [2.24, 2.45) is 0 Å². The molecule has 0 aliphatic heterocycles. The third-order valence-electron chi connectivity index (χ3n) is 9.07. The Morgan fingerprint density at radius 1 is 0.500 bits per heavy atom. The highest BCUT2D eigenvalue weighted by molar-refractivity contribution is 5.76. The van der Waals surface area contributed by atoms with Crippen molar-refractivity contribution in [2.75, 3.05) is 6.61 Å². The minimum atomic E-state index is -0.841. The van der Waals surface area contributed by atoms with E-state index >= 15 is 0 Å². The summed E-state index contributed by atoms with van der Waals surface area (Å²) in [5, 5.41) is 22.9. The molecule has 0 bridgehead atoms. The maximum absolute atomic E-state index is 12.3. The molecular weight excluding hydrogens is 566 g/mol. The van der Waals surface area contributed by atoms with Crippen molar-refractivity contribution >= 4 is 5.91 Å². The van der Waals surface area contributed by atoms with Crippen LogP contribution in [-0.2, 0) is 4.79 Å². The first-order valence-corrected chi connectivity index (χ1v) is 20.2. The van der Waals surface area contributed by atoms with Gasteiger partial charge in [0.25, 0.3) is 0 Å². The first-order chi connectivity index (χ1) is 22.7. The largest absolute Gasteiger partial charge is 0.394 e. The van der Waals surface area contributed by atoms with Crippen LogP contribution >= 0.6 is 0 Å². The number of aliphatic hydroxyl groups is 2. The van der Waals surface area contributed by atoms with Crippen LogP contribution in [0, 0.1) is 0 Å². The van der Waals surface area contributed by atoms with Crippen LogP contribution in [0.15, 0.2) is 36.5 Å². The molecule has 4 nitrogen and oxygen atoms in total. The van der Waals surface area contributed by atoms with Crippen molar-refractivity contribution in [1.82, 2.24) is 5.32 Å². The fourth-order valence-corrected chi connectivity index (χ4v) is 5.94. The third kappa shape index (κ3) is 34.0. The lowest BCUT2D eigenvalue weighted by Crippen LogP contribution is -2.45. The molecule has 0 unspecified atom stereocenters. The van der Waals surface area contributed by atoms with Gasteiger partial charge in [0.15, 0.2) is 0 Å². The van der Waals surface area contributed by atoms with Gasteiger partial charge in [-0.1, -0.05) is 172 Å². The average Bonchev–Trinajstić information content (AvgIpc) is 3.06. The fourth-order valence-electron chi connectivity index (χ4n) is 5.94. The second-order valence-corrected chi connectivity index (χ2v) is 13.7. The molecule has 270 valence electrons. The zero-order valence-corrected chi connectivity index (χ0v) is 30.8. The Morgan fingerprint density at radius 2 is 0.870 bits per heavy atom. The van der Waals surface area contributed by atoms with E-state index < -0.39 is 12.1 Å². The summed E-state index contributed by atoms with van der Waals surface area (Å²) < 4.78 is 0. The number of hydrogen-bond donors (Lipinski definition) is 3. The molecule has 0 aromatic rings. The van der Waals surface area contributed by atoms with Crippen LogP contribution in [0.3, 0.4) is 0 Å². The lowest BCUT2D eigenvalue weighted by atomic mass is 10.0. The molecule has 1 amide bonds. The Labute approximate surface area is 287 Å². The fraction of sp³-hybridized carbons (Fsp3) is 0.833. The summed E-state index contributed by atoms with van der Waals surface area (Å²) in [6.07, 6.45) is 49.5. The second kappa shape index (κ2) is 38.1. The Balaban J connectivity index is 3.56. The molecule has 4 heteroatoms. The van der Waals surface area contributed by atoms with Crippen molar-refractivity contribution < 1.29 is 15.0 Å². The number of hydrogen-bond acceptors (Lipinski definition) is 3. The van der Waals surface area contributed by atoms with Gasteiger partial charge in [-0.05, 0) is 64.2 Å². The Hall–Kier alpha value is -1.39. The normalized spacial score (nSPS) is 13.4. The molecule has 46 heavy (non-hydrogen) atoms. The number of allylic oxidation sites excluding steroid dienone is 5. The molecule has 2 atom stereocenters. The van der Waals surface area contributed by atoms with Crippen LogP contribution in [-0.4, -0.2) is 34.9 Å². The van der Waals surface area contributed by atoms with Gasteiger partial charge in [-0.3, -0.25) is 4.79 Å². The number of carbonyl (C=O) groups is 1. The smallest absolute Gasteiger partial charge is 0.220 e. The SMILES string of the molecule is CCC/C=C/CCCCCCCC/C=C/[C@@H](O)[C@H](CO)NC(=O)CCCCCCCCCCCCC/C=C/CCCCCCCC. The standard InChI is InChI=1S/C42H79NO3/c1-3-5-7-9-11-13-15-17-18-19-20-21-22-23-24-26-28-30-32-34-36-38-42(46)43-40(39-44)41(45)37-35-33-31-29-27-25-16-14-12-10-8-6-4-2/h8,10,17-18,35,37,40-41,44-45H,3-7,9,11-16,19-34,36,38-39H2,1-2H3,(H,43,46)/b10-8+,18-17+,37-35+/t40-,41+/m0/s1. The molecule has 0 saturated carbocycles. The van der Waals surface area contributed by atoms with E-state index in [2.05, 4.69) is 43.5 Å². The molecule has 3 N–H and O–H groups in total. The van der Waals surface area contributed by atoms with E-state index in [4.69, 9.17) is 0 Å². The van der Waals surface area contributed by atoms with Gasteiger partial charge in [-0.2, -0.15) is 0 Å². The van der Waals surface area contributed by atoms with Gasteiger partial charge in [0, 0.05) is 6.42 Å². The summed E-state index contributed by atoms with van der Waals surface area (Å²) in [6, 6.07) is -0.624. The van der Waals surface area contributed by atoms with E-state index in [9.17, 15) is 15.0 Å². The number of carbonyl (C=O) groups excluding carboxylic acids is 1. The van der Waals surface area contributed by atoms with Crippen molar-refractivity contribution in [1.29, 1.82) is 0 Å². The Morgan fingerprint density at radius 3 is 1.28 bits per heavy atom. The van der Waals surface area contributed by atoms with Gasteiger partial charge in [-0.25, -0.2) is 0 Å². The Kier molecular flexibility index (Phi) is 36.9. The number of unbranched alkanes of at least 4 members (excludes halogenated alkanes) is 25. The first kappa shape index (κ1) is 44.6. The maximum Gasteiger partial charge on any atom is 0.220 e. The van der Waals surface area contributed by atoms with Crippen LogP contribution in [0.25, 0.3) is 0 Å². The van der Waals surface area contributed by atoms with Crippen molar-refractivity contribution in [3.63, 3.8) is 0 Å². The summed E-state index contributed by atoms with van der Waals surface area (Å²) in [5.74, 6) is -0.0688. The number of aliphatic hydroxyl groups excluding tert-OH is 2. The van der Waals surface area contributed by atoms with Crippen molar-refractivity contribution in [2.45, 2.75) is 219 Å². The van der Waals surface area contributed by atoms with Gasteiger partial charge >= 0.3 is 0 Å². The lowest BCUT2D eigenvalue weighted by molar-refractivity contribution is -0.123. The number of rotatable bonds is 36. The number of amides is 1. The zero-order chi connectivity index (χ0) is 33.6. The average molecular weight is 646 g/mol. The lowest BCUT2D eigenvalue weighted by Gasteiger charge is -2.20. The molecule has 0 rings (SSSR count). The summed E-state index contributed by atoms with van der Waals surface area (Å²) >= 11 is 0. The van der Waals surface area contributed by atoms with Crippen molar-refractivity contribution in [3.8, 4) is 0 Å². The zero-order valence-electron chi connectivity index (χ0n) is 30.8. The molecular formula is C42H79NO3. The molecule has 0 radical (unpaired) electrons. The highest BCUT2D eigenvalue weighted by Crippen LogP contribution is 2.14. The van der Waals surface area contributed by atoms with Crippen LogP contribution in [0.5, 0.6) is 0 Å². The molecule has 0 saturated heterocycles. The predicted octanol–water partition coefficient (Wildman–Crippen LogP) is 12.2. The molecule has 0 aliphatic carbocycles. The van der Waals surface area contributed by atoms with Gasteiger partial charge in [-0.15, -0.1) is 0 Å². The summed E-state index contributed by atoms with van der Waals surface area (Å²) in [7, 11) is 0. The highest BCUT2D eigenvalue weighted by Gasteiger charge is 2.17. The topological polar surface area (TPSA) is 69.6 Å². The molecule has 0 aromatic carbocycles. The molecule has 0 spiro atoms. The van der Waals surface area contributed by atoms with E-state index in [1.807, 2.05) is 6.08 Å².